The molecule has 0 fully saturated rings. The Labute approximate surface area is 450 Å². The van der Waals surface area contributed by atoms with E-state index < -0.39 is 23.9 Å². The van der Waals surface area contributed by atoms with E-state index in [1.807, 2.05) is 36.4 Å². The van der Waals surface area contributed by atoms with E-state index in [9.17, 15) is 19.2 Å². The highest BCUT2D eigenvalue weighted by molar-refractivity contribution is 5.83. The number of benzene rings is 2. The first-order valence-corrected chi connectivity index (χ1v) is 29.9. The van der Waals surface area contributed by atoms with Crippen molar-refractivity contribution in [1.82, 2.24) is 0 Å². The van der Waals surface area contributed by atoms with Crippen LogP contribution in [0.3, 0.4) is 0 Å². The molecule has 0 saturated carbocycles. The molecule has 0 atom stereocenters. The molecule has 74 heavy (non-hydrogen) atoms. The number of anilines is 2. The summed E-state index contributed by atoms with van der Waals surface area (Å²) in [4.78, 5) is 56.6. The molecule has 2 aromatic carbocycles. The highest BCUT2D eigenvalue weighted by Crippen LogP contribution is 2.30. The van der Waals surface area contributed by atoms with Crippen molar-refractivity contribution in [2.24, 2.45) is 0 Å². The Morgan fingerprint density at radius 2 is 0.514 bits per heavy atom. The predicted octanol–water partition coefficient (Wildman–Crippen LogP) is 15.5. The van der Waals surface area contributed by atoms with Crippen LogP contribution in [0.5, 0.6) is 11.5 Å². The van der Waals surface area contributed by atoms with Crippen molar-refractivity contribution in [3.63, 3.8) is 0 Å². The summed E-state index contributed by atoms with van der Waals surface area (Å²) in [6.45, 7) is 9.87. The van der Waals surface area contributed by atoms with Crippen molar-refractivity contribution < 1.29 is 47.6 Å². The van der Waals surface area contributed by atoms with Gasteiger partial charge in [-0.1, -0.05) is 232 Å². The van der Waals surface area contributed by atoms with E-state index in [0.717, 1.165) is 77.0 Å². The number of para-hydroxylation sites is 4. The van der Waals surface area contributed by atoms with Crippen molar-refractivity contribution >= 4 is 35.3 Å². The molecule has 0 N–H and O–H groups in total. The van der Waals surface area contributed by atoms with Gasteiger partial charge >= 0.3 is 23.9 Å². The molecule has 0 aliphatic rings. The monoisotopic (exact) mass is 1040 g/mol. The number of rotatable bonds is 51. The fraction of sp³-hybridized carbons (Fsp3) is 0.742. The molecule has 2 rings (SSSR count). The fourth-order valence-corrected chi connectivity index (χ4v) is 8.93. The van der Waals surface area contributed by atoms with Crippen molar-refractivity contribution in [3.8, 4) is 11.5 Å². The molecule has 0 spiro atoms. The van der Waals surface area contributed by atoms with Gasteiger partial charge in [0, 0.05) is 0 Å². The summed E-state index contributed by atoms with van der Waals surface area (Å²) < 4.78 is 35.4. The zero-order valence-electron chi connectivity index (χ0n) is 47.3. The van der Waals surface area contributed by atoms with Crippen LogP contribution in [0.25, 0.3) is 0 Å². The molecule has 12 nitrogen and oxygen atoms in total. The largest absolute Gasteiger partial charge is 0.488 e. The lowest BCUT2D eigenvalue weighted by molar-refractivity contribution is -0.145. The summed E-state index contributed by atoms with van der Waals surface area (Å²) in [6.07, 6.45) is 36.6. The van der Waals surface area contributed by atoms with E-state index in [1.165, 1.54) is 128 Å². The van der Waals surface area contributed by atoms with Gasteiger partial charge in [-0.25, -0.2) is 0 Å². The topological polar surface area (TPSA) is 130 Å². The van der Waals surface area contributed by atoms with Crippen molar-refractivity contribution in [1.29, 1.82) is 0 Å². The van der Waals surface area contributed by atoms with Crippen LogP contribution in [-0.2, 0) is 38.1 Å². The van der Waals surface area contributed by atoms with Gasteiger partial charge in [-0.3, -0.25) is 19.2 Å². The highest BCUT2D eigenvalue weighted by Gasteiger charge is 2.23. The van der Waals surface area contributed by atoms with Gasteiger partial charge in [-0.15, -0.1) is 0 Å². The molecular formula is C62H104N2O10. The maximum atomic E-state index is 13.3. The summed E-state index contributed by atoms with van der Waals surface area (Å²) >= 11 is 0. The van der Waals surface area contributed by atoms with Crippen molar-refractivity contribution in [2.75, 3.05) is 75.6 Å². The minimum absolute atomic E-state index is 0.117. The average Bonchev–Trinajstić information content (AvgIpc) is 3.40. The van der Waals surface area contributed by atoms with E-state index in [2.05, 4.69) is 27.7 Å². The quantitative estimate of drug-likeness (QED) is 0.0355. The highest BCUT2D eigenvalue weighted by atomic mass is 16.6. The minimum atomic E-state index is -0.419. The number of esters is 4. The lowest BCUT2D eigenvalue weighted by Crippen LogP contribution is -2.37. The van der Waals surface area contributed by atoms with Gasteiger partial charge in [0.05, 0.1) is 37.8 Å². The third-order valence-corrected chi connectivity index (χ3v) is 13.3. The Morgan fingerprint density at radius 1 is 0.297 bits per heavy atom. The second-order valence-corrected chi connectivity index (χ2v) is 20.1. The van der Waals surface area contributed by atoms with Gasteiger partial charge in [-0.2, -0.15) is 0 Å². The number of carbonyl (C=O) groups is 4. The maximum Gasteiger partial charge on any atom is 0.325 e. The summed E-state index contributed by atoms with van der Waals surface area (Å²) in [5.41, 5.74) is 1.12. The SMILES string of the molecule is CCCCCCCCCCOC(=O)CN(CC(=O)OCCCCCCCCCC)c1ccccc1OCCOc1ccccc1N(CC(=O)OCCCCCCCCCC)CC(=O)OCCCCCCCCCC. The Balaban J connectivity index is 2.11. The fourth-order valence-electron chi connectivity index (χ4n) is 8.93. The molecular weight excluding hydrogens is 933 g/mol. The Bertz CT molecular complexity index is 1500. The zero-order chi connectivity index (χ0) is 53.4. The standard InChI is InChI=1S/C62H104N2O10/c1-5-9-13-17-21-25-29-37-45-71-59(65)51-63(52-60(66)72-46-38-30-26-22-18-14-10-6-2)55-41-33-35-43-57(55)69-49-50-70-58-44-36-34-42-56(58)64(53-61(67)73-47-39-31-27-23-19-15-11-7-3)54-62(68)74-48-40-32-28-24-20-16-12-8-4/h33-36,41-44H,5-32,37-40,45-54H2,1-4H3. The minimum Gasteiger partial charge on any atom is -0.488 e. The summed E-state index contributed by atoms with van der Waals surface area (Å²) in [7, 11) is 0. The molecule has 0 aliphatic carbocycles. The molecule has 0 radical (unpaired) electrons. The van der Waals surface area contributed by atoms with Gasteiger partial charge in [0.25, 0.3) is 0 Å². The van der Waals surface area contributed by atoms with Crippen LogP contribution in [0.2, 0.25) is 0 Å². The van der Waals surface area contributed by atoms with Crippen LogP contribution in [0.15, 0.2) is 48.5 Å². The van der Waals surface area contributed by atoms with Gasteiger partial charge in [-0.05, 0) is 49.9 Å². The molecule has 0 heterocycles. The first-order chi connectivity index (χ1) is 36.3. The van der Waals surface area contributed by atoms with E-state index in [-0.39, 0.29) is 39.4 Å². The summed E-state index contributed by atoms with van der Waals surface area (Å²) in [6, 6.07) is 14.6. The number of hydrogen-bond donors (Lipinski definition) is 0. The Morgan fingerprint density at radius 3 is 0.757 bits per heavy atom. The molecule has 0 aromatic heterocycles. The molecule has 0 amide bonds. The van der Waals surface area contributed by atoms with Crippen LogP contribution in [-0.4, -0.2) is 89.7 Å². The number of ether oxygens (including phenoxy) is 6. The van der Waals surface area contributed by atoms with Crippen LogP contribution in [0, 0.1) is 0 Å². The second-order valence-electron chi connectivity index (χ2n) is 20.1. The lowest BCUT2D eigenvalue weighted by atomic mass is 10.1. The first kappa shape index (κ1) is 65.6. The summed E-state index contributed by atoms with van der Waals surface area (Å²) in [5.74, 6) is -0.740. The van der Waals surface area contributed by atoms with Gasteiger partial charge in [0.2, 0.25) is 0 Å². The zero-order valence-corrected chi connectivity index (χ0v) is 47.3. The average molecular weight is 1040 g/mol. The molecule has 12 heteroatoms. The third kappa shape index (κ3) is 34.9. The number of unbranched alkanes of at least 4 members (excludes halogenated alkanes) is 28. The van der Waals surface area contributed by atoms with E-state index in [4.69, 9.17) is 28.4 Å². The molecule has 0 unspecified atom stereocenters. The lowest BCUT2D eigenvalue weighted by Gasteiger charge is -2.26. The van der Waals surface area contributed by atoms with Gasteiger partial charge in [0.1, 0.15) is 50.9 Å². The molecule has 0 saturated heterocycles. The maximum absolute atomic E-state index is 13.3. The molecule has 0 bridgehead atoms. The van der Waals surface area contributed by atoms with E-state index in [0.29, 0.717) is 49.3 Å². The Kier molecular flexibility index (Phi) is 41.7. The van der Waals surface area contributed by atoms with Gasteiger partial charge < -0.3 is 38.2 Å². The number of hydrogen-bond acceptors (Lipinski definition) is 12. The van der Waals surface area contributed by atoms with Crippen LogP contribution < -0.4 is 19.3 Å². The third-order valence-electron chi connectivity index (χ3n) is 13.3. The van der Waals surface area contributed by atoms with Crippen molar-refractivity contribution in [2.45, 2.75) is 233 Å². The second kappa shape index (κ2) is 47.0. The van der Waals surface area contributed by atoms with Crippen LogP contribution >= 0.6 is 0 Å². The smallest absolute Gasteiger partial charge is 0.325 e. The molecule has 0 aliphatic heterocycles. The van der Waals surface area contributed by atoms with Crippen LogP contribution in [0.1, 0.15) is 233 Å². The van der Waals surface area contributed by atoms with E-state index in [1.54, 1.807) is 21.9 Å². The molecule has 422 valence electrons. The summed E-state index contributed by atoms with van der Waals surface area (Å²) in [5, 5.41) is 0. The normalized spacial score (nSPS) is 11.0. The van der Waals surface area contributed by atoms with E-state index >= 15 is 0 Å². The van der Waals surface area contributed by atoms with Crippen molar-refractivity contribution in [3.05, 3.63) is 48.5 Å². The Hall–Kier alpha value is -4.48. The van der Waals surface area contributed by atoms with Gasteiger partial charge in [0.15, 0.2) is 0 Å². The predicted molar refractivity (Wildman–Crippen MR) is 303 cm³/mol. The molecule has 2 aromatic rings. The number of carbonyl (C=O) groups excluding carboxylic acids is 4. The number of nitrogens with zero attached hydrogens (tertiary/aromatic N) is 2. The van der Waals surface area contributed by atoms with Crippen LogP contribution in [0.4, 0.5) is 11.4 Å². The first-order valence-electron chi connectivity index (χ1n) is 29.9.